The lowest BCUT2D eigenvalue weighted by Gasteiger charge is -2.17. The lowest BCUT2D eigenvalue weighted by Crippen LogP contribution is -2.47. The van der Waals surface area contributed by atoms with Gasteiger partial charge in [0.1, 0.15) is 11.3 Å². The van der Waals surface area contributed by atoms with Crippen LogP contribution in [0.1, 0.15) is 19.8 Å². The molecule has 0 aliphatic heterocycles. The molecular weight excluding hydrogens is 288 g/mol. The van der Waals surface area contributed by atoms with Crippen LogP contribution in [0.2, 0.25) is 0 Å². The predicted molar refractivity (Wildman–Crippen MR) is 71.4 cm³/mol. The Morgan fingerprint density at radius 3 is 2.35 bits per heavy atom. The third kappa shape index (κ3) is 5.83. The number of carbonyl (C=O) groups is 3. The Morgan fingerprint density at radius 1 is 1.40 bits per heavy atom. The van der Waals surface area contributed by atoms with Crippen LogP contribution in [-0.4, -0.2) is 48.4 Å². The zero-order valence-corrected chi connectivity index (χ0v) is 11.9. The molecule has 0 saturated heterocycles. The van der Waals surface area contributed by atoms with Crippen LogP contribution in [0.15, 0.2) is 12.7 Å². The van der Waals surface area contributed by atoms with Gasteiger partial charge in [0.2, 0.25) is 11.8 Å². The van der Waals surface area contributed by atoms with E-state index in [1.54, 1.807) is 0 Å². The molecule has 20 heavy (non-hydrogen) atoms. The summed E-state index contributed by atoms with van der Waals surface area (Å²) < 4.78 is 23.3. The maximum absolute atomic E-state index is 11.7. The SMILES string of the molecule is C=CCS(=O)(=O)C(C)C(=O)NC(CCC(N)=O)C(=O)O. The number of sulfone groups is 1. The second-order valence-corrected chi connectivity index (χ2v) is 6.53. The van der Waals surface area contributed by atoms with Gasteiger partial charge in [0.25, 0.3) is 0 Å². The number of hydrogen-bond acceptors (Lipinski definition) is 5. The van der Waals surface area contributed by atoms with Crippen LogP contribution in [0, 0.1) is 0 Å². The number of rotatable bonds is 9. The number of carboxylic acid groups (broad SMARTS) is 1. The first-order valence-electron chi connectivity index (χ1n) is 5.75. The van der Waals surface area contributed by atoms with E-state index in [1.165, 1.54) is 0 Å². The molecule has 8 nitrogen and oxygen atoms in total. The Kier molecular flexibility index (Phi) is 6.91. The van der Waals surface area contributed by atoms with Crippen molar-refractivity contribution in [3.63, 3.8) is 0 Å². The maximum Gasteiger partial charge on any atom is 0.326 e. The Balaban J connectivity index is 4.80. The summed E-state index contributed by atoms with van der Waals surface area (Å²) in [6.45, 7) is 4.42. The van der Waals surface area contributed by atoms with Crippen LogP contribution < -0.4 is 11.1 Å². The number of carboxylic acids is 1. The fourth-order valence-corrected chi connectivity index (χ4v) is 2.32. The van der Waals surface area contributed by atoms with Crippen molar-refractivity contribution in [2.24, 2.45) is 5.73 Å². The number of nitrogens with two attached hydrogens (primary N) is 1. The molecule has 0 spiro atoms. The molecule has 0 aromatic heterocycles. The summed E-state index contributed by atoms with van der Waals surface area (Å²) in [5, 5.41) is 9.56. The molecule has 0 aromatic rings. The fourth-order valence-electron chi connectivity index (χ4n) is 1.30. The van der Waals surface area contributed by atoms with Gasteiger partial charge in [0.05, 0.1) is 5.75 Å². The van der Waals surface area contributed by atoms with E-state index < -0.39 is 38.9 Å². The van der Waals surface area contributed by atoms with Crippen LogP contribution in [0.3, 0.4) is 0 Å². The van der Waals surface area contributed by atoms with Gasteiger partial charge in [-0.3, -0.25) is 9.59 Å². The number of amides is 2. The third-order valence-corrected chi connectivity index (χ3v) is 4.54. The molecule has 0 saturated carbocycles. The molecule has 0 aromatic carbocycles. The Morgan fingerprint density at radius 2 is 1.95 bits per heavy atom. The molecule has 9 heteroatoms. The van der Waals surface area contributed by atoms with Gasteiger partial charge in [0, 0.05) is 6.42 Å². The van der Waals surface area contributed by atoms with Gasteiger partial charge in [-0.25, -0.2) is 13.2 Å². The Bertz CT molecular complexity index is 499. The van der Waals surface area contributed by atoms with E-state index >= 15 is 0 Å². The normalized spacial score (nSPS) is 14.1. The first-order valence-corrected chi connectivity index (χ1v) is 7.47. The van der Waals surface area contributed by atoms with Crippen molar-refractivity contribution in [1.82, 2.24) is 5.32 Å². The lowest BCUT2D eigenvalue weighted by molar-refractivity contribution is -0.142. The number of aliphatic carboxylic acids is 1. The summed E-state index contributed by atoms with van der Waals surface area (Å²) >= 11 is 0. The summed E-state index contributed by atoms with van der Waals surface area (Å²) in [6.07, 6.45) is 0.705. The van der Waals surface area contributed by atoms with Crippen molar-refractivity contribution in [2.45, 2.75) is 31.1 Å². The molecule has 2 unspecified atom stereocenters. The standard InChI is InChI=1S/C11H18N2O6S/c1-3-6-20(18,19)7(2)10(15)13-8(11(16)17)4-5-9(12)14/h3,7-8H,1,4-6H2,2H3,(H2,12,14)(H,13,15)(H,16,17). The van der Waals surface area contributed by atoms with Gasteiger partial charge in [0.15, 0.2) is 9.84 Å². The smallest absolute Gasteiger partial charge is 0.326 e. The molecule has 0 bridgehead atoms. The van der Waals surface area contributed by atoms with Crippen LogP contribution in [0.25, 0.3) is 0 Å². The van der Waals surface area contributed by atoms with Crippen molar-refractivity contribution >= 4 is 27.6 Å². The van der Waals surface area contributed by atoms with E-state index in [0.29, 0.717) is 0 Å². The third-order valence-electron chi connectivity index (χ3n) is 2.55. The minimum atomic E-state index is -3.73. The second kappa shape index (κ2) is 7.63. The van der Waals surface area contributed by atoms with Crippen molar-refractivity contribution in [3.05, 3.63) is 12.7 Å². The summed E-state index contributed by atoms with van der Waals surface area (Å²) in [5.41, 5.74) is 4.89. The van der Waals surface area contributed by atoms with Crippen LogP contribution in [0.5, 0.6) is 0 Å². The van der Waals surface area contributed by atoms with E-state index in [4.69, 9.17) is 10.8 Å². The van der Waals surface area contributed by atoms with E-state index in [-0.39, 0.29) is 18.6 Å². The van der Waals surface area contributed by atoms with Crippen molar-refractivity contribution in [3.8, 4) is 0 Å². The highest BCUT2D eigenvalue weighted by molar-refractivity contribution is 7.92. The van der Waals surface area contributed by atoms with Gasteiger partial charge >= 0.3 is 5.97 Å². The summed E-state index contributed by atoms with van der Waals surface area (Å²) in [6, 6.07) is -1.36. The fraction of sp³-hybridized carbons (Fsp3) is 0.545. The molecule has 0 aliphatic carbocycles. The largest absolute Gasteiger partial charge is 0.480 e. The van der Waals surface area contributed by atoms with Crippen LogP contribution in [0.4, 0.5) is 0 Å². The highest BCUT2D eigenvalue weighted by Crippen LogP contribution is 2.05. The minimum absolute atomic E-state index is 0.204. The second-order valence-electron chi connectivity index (χ2n) is 4.16. The van der Waals surface area contributed by atoms with Gasteiger partial charge in [-0.15, -0.1) is 6.58 Å². The Labute approximate surface area is 116 Å². The quantitative estimate of drug-likeness (QED) is 0.457. The molecular formula is C11H18N2O6S. The summed E-state index contributed by atoms with van der Waals surface area (Å²) in [4.78, 5) is 33.2. The molecule has 0 fully saturated rings. The van der Waals surface area contributed by atoms with E-state index in [1.807, 2.05) is 0 Å². The molecule has 2 amide bonds. The Hall–Kier alpha value is -1.90. The summed E-state index contributed by atoms with van der Waals surface area (Å²) in [7, 11) is -3.73. The van der Waals surface area contributed by atoms with Crippen molar-refractivity contribution < 1.29 is 27.9 Å². The topological polar surface area (TPSA) is 144 Å². The van der Waals surface area contributed by atoms with Gasteiger partial charge in [-0.1, -0.05) is 6.08 Å². The molecule has 0 radical (unpaired) electrons. The average Bonchev–Trinajstić information content (AvgIpc) is 2.32. The predicted octanol–water partition coefficient (Wildman–Crippen LogP) is -1.19. The zero-order chi connectivity index (χ0) is 15.9. The molecule has 0 aliphatic rings. The van der Waals surface area contributed by atoms with Gasteiger partial charge in [-0.05, 0) is 13.3 Å². The number of primary amides is 1. The van der Waals surface area contributed by atoms with E-state index in [2.05, 4.69) is 11.9 Å². The minimum Gasteiger partial charge on any atom is -0.480 e. The maximum atomic E-state index is 11.7. The van der Waals surface area contributed by atoms with E-state index in [9.17, 15) is 22.8 Å². The van der Waals surface area contributed by atoms with E-state index in [0.717, 1.165) is 13.0 Å². The number of carbonyl (C=O) groups excluding carboxylic acids is 2. The molecule has 2 atom stereocenters. The van der Waals surface area contributed by atoms with Gasteiger partial charge < -0.3 is 16.2 Å². The molecule has 0 heterocycles. The lowest BCUT2D eigenvalue weighted by atomic mass is 10.1. The molecule has 0 rings (SSSR count). The van der Waals surface area contributed by atoms with Gasteiger partial charge in [-0.2, -0.15) is 0 Å². The summed E-state index contributed by atoms with van der Waals surface area (Å²) in [5.74, 6) is -3.41. The first kappa shape index (κ1) is 18.1. The van der Waals surface area contributed by atoms with Crippen LogP contribution in [-0.2, 0) is 24.2 Å². The average molecular weight is 306 g/mol. The number of nitrogens with one attached hydrogen (secondary N) is 1. The van der Waals surface area contributed by atoms with Crippen molar-refractivity contribution in [1.29, 1.82) is 0 Å². The molecule has 4 N–H and O–H groups in total. The number of hydrogen-bond donors (Lipinski definition) is 3. The highest BCUT2D eigenvalue weighted by atomic mass is 32.2. The van der Waals surface area contributed by atoms with Crippen molar-refractivity contribution in [2.75, 3.05) is 5.75 Å². The zero-order valence-electron chi connectivity index (χ0n) is 11.0. The highest BCUT2D eigenvalue weighted by Gasteiger charge is 2.30. The van der Waals surface area contributed by atoms with Crippen LogP contribution >= 0.6 is 0 Å². The first-order chi connectivity index (χ1) is 9.11. The molecule has 114 valence electrons. The monoisotopic (exact) mass is 306 g/mol.